The van der Waals surface area contributed by atoms with Crippen LogP contribution in [0.25, 0.3) is 10.7 Å². The lowest BCUT2D eigenvalue weighted by Gasteiger charge is -2.18. The van der Waals surface area contributed by atoms with Crippen LogP contribution < -0.4 is 0 Å². The predicted octanol–water partition coefficient (Wildman–Crippen LogP) is 2.90. The van der Waals surface area contributed by atoms with Gasteiger partial charge < -0.3 is 4.52 Å². The van der Waals surface area contributed by atoms with Gasteiger partial charge in [-0.1, -0.05) is 29.4 Å². The average Bonchev–Trinajstić information content (AvgIpc) is 3.18. The summed E-state index contributed by atoms with van der Waals surface area (Å²) in [5.41, 5.74) is 0.279. The van der Waals surface area contributed by atoms with E-state index in [0.717, 1.165) is 15.4 Å². The molecule has 0 aliphatic carbocycles. The molecule has 3 aromatic rings. The molecule has 0 spiro atoms. The number of hydrogen-bond acceptors (Lipinski definition) is 6. The second-order valence-electron chi connectivity index (χ2n) is 5.11. The first-order valence-electron chi connectivity index (χ1n) is 6.98. The maximum absolute atomic E-state index is 13.8. The van der Waals surface area contributed by atoms with Crippen molar-refractivity contribution in [3.05, 3.63) is 59.0 Å². The largest absolute Gasteiger partial charge is 0.337 e. The van der Waals surface area contributed by atoms with Crippen molar-refractivity contribution in [1.82, 2.24) is 14.4 Å². The fraction of sp³-hybridized carbons (Fsp3) is 0.200. The number of halogens is 1. The molecule has 0 atom stereocenters. The molecule has 2 aromatic heterocycles. The molecule has 0 amide bonds. The minimum atomic E-state index is -3.58. The van der Waals surface area contributed by atoms with Crippen molar-refractivity contribution in [2.45, 2.75) is 13.1 Å². The highest BCUT2D eigenvalue weighted by Gasteiger charge is 2.22. The summed E-state index contributed by atoms with van der Waals surface area (Å²) in [6.07, 6.45) is 1.06. The quantitative estimate of drug-likeness (QED) is 0.670. The Kier molecular flexibility index (Phi) is 4.74. The first kappa shape index (κ1) is 16.7. The minimum Gasteiger partial charge on any atom is -0.337 e. The van der Waals surface area contributed by atoms with Crippen LogP contribution in [0.4, 0.5) is 4.39 Å². The Hall–Kier alpha value is -2.10. The van der Waals surface area contributed by atoms with E-state index in [-0.39, 0.29) is 24.5 Å². The molecule has 0 fully saturated rings. The summed E-state index contributed by atoms with van der Waals surface area (Å²) in [6, 6.07) is 9.73. The molecule has 0 aliphatic heterocycles. The molecule has 126 valence electrons. The van der Waals surface area contributed by atoms with E-state index in [1.165, 1.54) is 17.4 Å². The molecule has 0 radical (unpaired) electrons. The van der Waals surface area contributed by atoms with Crippen LogP contribution in [0.15, 0.2) is 46.3 Å². The van der Waals surface area contributed by atoms with Gasteiger partial charge in [0, 0.05) is 12.1 Å². The third kappa shape index (κ3) is 3.86. The molecule has 0 saturated carbocycles. The molecule has 2 heterocycles. The highest BCUT2D eigenvalue weighted by molar-refractivity contribution is 7.88. The number of hydrogen-bond donors (Lipinski definition) is 0. The van der Waals surface area contributed by atoms with E-state index in [4.69, 9.17) is 4.52 Å². The van der Waals surface area contributed by atoms with Crippen LogP contribution in [0.1, 0.15) is 11.5 Å². The Bertz CT molecular complexity index is 923. The smallest absolute Gasteiger partial charge is 0.242 e. The number of benzene rings is 1. The summed E-state index contributed by atoms with van der Waals surface area (Å²) in [4.78, 5) is 5.03. The van der Waals surface area contributed by atoms with E-state index in [0.29, 0.717) is 5.82 Å². The Morgan fingerprint density at radius 3 is 2.67 bits per heavy atom. The van der Waals surface area contributed by atoms with E-state index in [1.54, 1.807) is 18.2 Å². The van der Waals surface area contributed by atoms with Crippen LogP contribution in [0, 0.1) is 5.82 Å². The summed E-state index contributed by atoms with van der Waals surface area (Å²) in [5, 5.41) is 5.73. The lowest BCUT2D eigenvalue weighted by atomic mass is 10.2. The molecule has 0 saturated heterocycles. The maximum atomic E-state index is 13.8. The number of thiophene rings is 1. The zero-order valence-electron chi connectivity index (χ0n) is 12.7. The highest BCUT2D eigenvalue weighted by atomic mass is 32.2. The van der Waals surface area contributed by atoms with Gasteiger partial charge in [-0.15, -0.1) is 11.3 Å². The van der Waals surface area contributed by atoms with E-state index in [2.05, 4.69) is 10.1 Å². The topological polar surface area (TPSA) is 76.3 Å². The van der Waals surface area contributed by atoms with Gasteiger partial charge in [-0.3, -0.25) is 0 Å². The number of nitrogens with zero attached hydrogens (tertiary/aromatic N) is 3. The number of sulfonamides is 1. The van der Waals surface area contributed by atoms with Crippen LogP contribution >= 0.6 is 11.3 Å². The summed E-state index contributed by atoms with van der Waals surface area (Å²) in [6.45, 7) is -0.228. The molecule has 3 rings (SSSR count). The van der Waals surface area contributed by atoms with Gasteiger partial charge >= 0.3 is 0 Å². The molecule has 24 heavy (non-hydrogen) atoms. The predicted molar refractivity (Wildman–Crippen MR) is 88.1 cm³/mol. The monoisotopic (exact) mass is 367 g/mol. The van der Waals surface area contributed by atoms with Crippen molar-refractivity contribution in [2.75, 3.05) is 6.26 Å². The van der Waals surface area contributed by atoms with Crippen LogP contribution in [0.5, 0.6) is 0 Å². The lowest BCUT2D eigenvalue weighted by Crippen LogP contribution is -2.29. The number of aromatic nitrogens is 2. The Morgan fingerprint density at radius 1 is 1.21 bits per heavy atom. The van der Waals surface area contributed by atoms with Crippen LogP contribution in [0.2, 0.25) is 0 Å². The van der Waals surface area contributed by atoms with Crippen molar-refractivity contribution in [2.24, 2.45) is 0 Å². The zero-order valence-corrected chi connectivity index (χ0v) is 14.3. The molecule has 0 aliphatic rings. The third-order valence-electron chi connectivity index (χ3n) is 3.29. The second kappa shape index (κ2) is 6.80. The van der Waals surface area contributed by atoms with E-state index >= 15 is 0 Å². The molecule has 0 bridgehead atoms. The molecule has 0 unspecified atom stereocenters. The van der Waals surface area contributed by atoms with Crippen LogP contribution in [0.3, 0.4) is 0 Å². The standard InChI is InChI=1S/C15H14FN3O3S2/c1-24(20,21)19(9-11-5-2-3-6-12(11)16)10-14-17-15(18-22-14)13-7-4-8-23-13/h2-8H,9-10H2,1H3. The first-order valence-corrected chi connectivity index (χ1v) is 9.71. The van der Waals surface area contributed by atoms with Gasteiger partial charge in [-0.2, -0.15) is 9.29 Å². The zero-order chi connectivity index (χ0) is 17.2. The Morgan fingerprint density at radius 2 is 2.00 bits per heavy atom. The Labute approximate surface area is 142 Å². The van der Waals surface area contributed by atoms with Crippen molar-refractivity contribution >= 4 is 21.4 Å². The van der Waals surface area contributed by atoms with Gasteiger partial charge in [0.25, 0.3) is 0 Å². The molecule has 6 nitrogen and oxygen atoms in total. The fourth-order valence-electron chi connectivity index (χ4n) is 2.08. The van der Waals surface area contributed by atoms with Gasteiger partial charge in [0.05, 0.1) is 17.7 Å². The first-order chi connectivity index (χ1) is 11.4. The van der Waals surface area contributed by atoms with Crippen LogP contribution in [-0.2, 0) is 23.1 Å². The van der Waals surface area contributed by atoms with E-state index in [9.17, 15) is 12.8 Å². The van der Waals surface area contributed by atoms with Crippen molar-refractivity contribution in [1.29, 1.82) is 0 Å². The maximum Gasteiger partial charge on any atom is 0.242 e. The Balaban J connectivity index is 1.82. The van der Waals surface area contributed by atoms with E-state index < -0.39 is 15.8 Å². The second-order valence-corrected chi connectivity index (χ2v) is 8.04. The van der Waals surface area contributed by atoms with Crippen molar-refractivity contribution in [3.63, 3.8) is 0 Å². The minimum absolute atomic E-state index is 0.109. The third-order valence-corrected chi connectivity index (χ3v) is 5.36. The van der Waals surface area contributed by atoms with Crippen molar-refractivity contribution < 1.29 is 17.3 Å². The average molecular weight is 367 g/mol. The highest BCUT2D eigenvalue weighted by Crippen LogP contribution is 2.22. The molecule has 9 heteroatoms. The molecule has 1 aromatic carbocycles. The van der Waals surface area contributed by atoms with Crippen molar-refractivity contribution in [3.8, 4) is 10.7 Å². The number of rotatable bonds is 6. The summed E-state index contributed by atoms with van der Waals surface area (Å²) in [7, 11) is -3.58. The van der Waals surface area contributed by atoms with Gasteiger partial charge in [0.1, 0.15) is 5.82 Å². The van der Waals surface area contributed by atoms with E-state index in [1.807, 2.05) is 17.5 Å². The normalized spacial score (nSPS) is 12.0. The summed E-state index contributed by atoms with van der Waals surface area (Å²) < 4.78 is 44.0. The lowest BCUT2D eigenvalue weighted by molar-refractivity contribution is 0.311. The summed E-state index contributed by atoms with van der Waals surface area (Å²) >= 11 is 1.45. The molecular weight excluding hydrogens is 353 g/mol. The van der Waals surface area contributed by atoms with Gasteiger partial charge in [-0.05, 0) is 17.5 Å². The molecular formula is C15H14FN3O3S2. The van der Waals surface area contributed by atoms with Gasteiger partial charge in [0.15, 0.2) is 0 Å². The summed E-state index contributed by atoms with van der Waals surface area (Å²) in [5.74, 6) is 0.0930. The van der Waals surface area contributed by atoms with Gasteiger partial charge in [-0.25, -0.2) is 12.8 Å². The molecule has 0 N–H and O–H groups in total. The SMILES string of the molecule is CS(=O)(=O)N(Cc1nc(-c2cccs2)no1)Cc1ccccc1F. The van der Waals surface area contributed by atoms with Crippen LogP contribution in [-0.4, -0.2) is 29.1 Å². The van der Waals surface area contributed by atoms with Gasteiger partial charge in [0.2, 0.25) is 21.7 Å². The fourth-order valence-corrected chi connectivity index (χ4v) is 3.45.